The quantitative estimate of drug-likeness (QED) is 0.325. The van der Waals surface area contributed by atoms with E-state index in [0.717, 1.165) is 17.0 Å². The highest BCUT2D eigenvalue weighted by Crippen LogP contribution is 2.36. The number of ether oxygens (including phenoxy) is 2. The molecule has 1 atom stereocenters. The summed E-state index contributed by atoms with van der Waals surface area (Å²) in [6.07, 6.45) is 0. The Bertz CT molecular complexity index is 1330. The first-order valence-electron chi connectivity index (χ1n) is 11.6. The number of hydrogen-bond acceptors (Lipinski definition) is 4. The minimum atomic E-state index is -0.971. The van der Waals surface area contributed by atoms with Crippen LogP contribution in [0.4, 0.5) is 16.2 Å². The molecule has 1 unspecified atom stereocenters. The SMILES string of the molecule is CC1(c2ccc(Oc3ccccc3)cc2)OCN(Nc2ccccc2)/C1=N/C(=O)Nc1ccccc1. The molecule has 1 heterocycles. The highest BCUT2D eigenvalue weighted by atomic mass is 16.5. The Morgan fingerprint density at radius 2 is 1.36 bits per heavy atom. The molecule has 0 radical (unpaired) electrons. The van der Waals surface area contributed by atoms with Crippen molar-refractivity contribution in [1.82, 2.24) is 5.01 Å². The number of rotatable bonds is 6. The topological polar surface area (TPSA) is 75.2 Å². The second kappa shape index (κ2) is 10.3. The van der Waals surface area contributed by atoms with Gasteiger partial charge in [-0.15, -0.1) is 0 Å². The molecule has 2 amide bonds. The normalized spacial score (nSPS) is 18.1. The lowest BCUT2D eigenvalue weighted by Crippen LogP contribution is -2.40. The van der Waals surface area contributed by atoms with Gasteiger partial charge in [0.1, 0.15) is 18.2 Å². The van der Waals surface area contributed by atoms with Gasteiger partial charge in [-0.2, -0.15) is 4.99 Å². The van der Waals surface area contributed by atoms with Crippen molar-refractivity contribution in [2.24, 2.45) is 4.99 Å². The molecule has 4 aromatic carbocycles. The number of benzene rings is 4. The molecule has 0 aromatic heterocycles. The predicted octanol–water partition coefficient (Wildman–Crippen LogP) is 6.64. The zero-order valence-electron chi connectivity index (χ0n) is 19.8. The molecule has 1 fully saturated rings. The van der Waals surface area contributed by atoms with Crippen molar-refractivity contribution >= 4 is 23.2 Å². The smallest absolute Gasteiger partial charge is 0.347 e. The van der Waals surface area contributed by atoms with Crippen LogP contribution < -0.4 is 15.5 Å². The number of amides is 2. The number of hydrogen-bond donors (Lipinski definition) is 2. The highest BCUT2D eigenvalue weighted by molar-refractivity contribution is 6.04. The maximum atomic E-state index is 12.9. The summed E-state index contributed by atoms with van der Waals surface area (Å²) in [6.45, 7) is 2.10. The molecule has 1 saturated heterocycles. The molecule has 4 aromatic rings. The van der Waals surface area contributed by atoms with Crippen molar-refractivity contribution < 1.29 is 14.3 Å². The number of aliphatic imine (C=N–C) groups is 1. The van der Waals surface area contributed by atoms with Gasteiger partial charge in [0.25, 0.3) is 0 Å². The zero-order valence-corrected chi connectivity index (χ0v) is 19.8. The number of hydrazine groups is 1. The van der Waals surface area contributed by atoms with Crippen molar-refractivity contribution in [2.45, 2.75) is 12.5 Å². The Kier molecular flexibility index (Phi) is 6.64. The maximum Gasteiger partial charge on any atom is 0.347 e. The van der Waals surface area contributed by atoms with Crippen LogP contribution in [0.25, 0.3) is 0 Å². The lowest BCUT2D eigenvalue weighted by atomic mass is 9.94. The van der Waals surface area contributed by atoms with E-state index in [0.29, 0.717) is 17.3 Å². The largest absolute Gasteiger partial charge is 0.457 e. The lowest BCUT2D eigenvalue weighted by molar-refractivity contribution is 0.0292. The minimum Gasteiger partial charge on any atom is -0.457 e. The molecule has 0 saturated carbocycles. The number of nitrogens with one attached hydrogen (secondary N) is 2. The first kappa shape index (κ1) is 23.1. The maximum absolute atomic E-state index is 12.9. The summed E-state index contributed by atoms with van der Waals surface area (Å²) >= 11 is 0. The van der Waals surface area contributed by atoms with E-state index in [2.05, 4.69) is 15.7 Å². The number of carbonyl (C=O) groups excluding carboxylic acids is 1. The van der Waals surface area contributed by atoms with Gasteiger partial charge in [-0.25, -0.2) is 9.80 Å². The standard InChI is InChI=1S/C29H26N4O3/c1-29(22-17-19-26(20-18-22)36-25-15-9-4-10-16-25)27(31-28(34)30-23-11-5-2-6-12-23)33(21-35-29)32-24-13-7-3-8-14-24/h2-20,32H,21H2,1H3,(H,30,34)/b31-27+. The van der Waals surface area contributed by atoms with Crippen molar-refractivity contribution in [3.8, 4) is 11.5 Å². The van der Waals surface area contributed by atoms with Gasteiger partial charge < -0.3 is 14.8 Å². The van der Waals surface area contributed by atoms with Crippen LogP contribution in [-0.4, -0.2) is 23.6 Å². The van der Waals surface area contributed by atoms with Gasteiger partial charge >= 0.3 is 6.03 Å². The second-order valence-electron chi connectivity index (χ2n) is 8.38. The molecular weight excluding hydrogens is 452 g/mol. The Morgan fingerprint density at radius 1 is 0.806 bits per heavy atom. The third-order valence-corrected chi connectivity index (χ3v) is 5.82. The van der Waals surface area contributed by atoms with E-state index in [1.807, 2.05) is 122 Å². The molecule has 1 aliphatic heterocycles. The summed E-state index contributed by atoms with van der Waals surface area (Å²) in [5.41, 5.74) is 4.69. The third-order valence-electron chi connectivity index (χ3n) is 5.82. The van der Waals surface area contributed by atoms with Crippen LogP contribution in [0.1, 0.15) is 12.5 Å². The fraction of sp³-hybridized carbons (Fsp3) is 0.103. The number of amidine groups is 1. The van der Waals surface area contributed by atoms with Crippen LogP contribution in [0, 0.1) is 0 Å². The van der Waals surface area contributed by atoms with Crippen molar-refractivity contribution in [1.29, 1.82) is 0 Å². The number of urea groups is 1. The Hall–Kier alpha value is -4.62. The highest BCUT2D eigenvalue weighted by Gasteiger charge is 2.44. The Balaban J connectivity index is 1.43. The molecule has 7 nitrogen and oxygen atoms in total. The molecule has 0 aliphatic carbocycles. The lowest BCUT2D eigenvalue weighted by Gasteiger charge is -2.26. The van der Waals surface area contributed by atoms with Gasteiger partial charge in [0, 0.05) is 5.69 Å². The van der Waals surface area contributed by atoms with Crippen molar-refractivity contribution in [3.63, 3.8) is 0 Å². The van der Waals surface area contributed by atoms with Crippen LogP contribution in [0.3, 0.4) is 0 Å². The summed E-state index contributed by atoms with van der Waals surface area (Å²) in [6, 6.07) is 35.6. The van der Waals surface area contributed by atoms with Gasteiger partial charge in [-0.3, -0.25) is 5.43 Å². The third kappa shape index (κ3) is 5.21. The van der Waals surface area contributed by atoms with E-state index in [1.54, 1.807) is 5.01 Å². The molecule has 0 bridgehead atoms. The minimum absolute atomic E-state index is 0.200. The van der Waals surface area contributed by atoms with E-state index >= 15 is 0 Å². The van der Waals surface area contributed by atoms with E-state index < -0.39 is 11.6 Å². The van der Waals surface area contributed by atoms with Gasteiger partial charge in [0.2, 0.25) is 0 Å². The second-order valence-corrected chi connectivity index (χ2v) is 8.38. The molecule has 5 rings (SSSR count). The molecule has 36 heavy (non-hydrogen) atoms. The average Bonchev–Trinajstić information content (AvgIpc) is 3.22. The molecule has 2 N–H and O–H groups in total. The molecule has 7 heteroatoms. The number of carbonyl (C=O) groups is 1. The average molecular weight is 479 g/mol. The van der Waals surface area contributed by atoms with Crippen molar-refractivity contribution in [3.05, 3.63) is 121 Å². The number of nitrogens with zero attached hydrogens (tertiary/aromatic N) is 2. The van der Waals surface area contributed by atoms with Gasteiger partial charge in [0.15, 0.2) is 11.4 Å². The van der Waals surface area contributed by atoms with E-state index in [9.17, 15) is 4.79 Å². The summed E-state index contributed by atoms with van der Waals surface area (Å²) < 4.78 is 12.2. The number of para-hydroxylation sites is 3. The first-order valence-corrected chi connectivity index (χ1v) is 11.6. The van der Waals surface area contributed by atoms with Crippen molar-refractivity contribution in [2.75, 3.05) is 17.5 Å². The van der Waals surface area contributed by atoms with Crippen LogP contribution in [0.5, 0.6) is 11.5 Å². The summed E-state index contributed by atoms with van der Waals surface area (Å²) in [7, 11) is 0. The first-order chi connectivity index (χ1) is 17.6. The fourth-order valence-electron chi connectivity index (χ4n) is 3.94. The van der Waals surface area contributed by atoms with Gasteiger partial charge in [-0.05, 0) is 61.0 Å². The van der Waals surface area contributed by atoms with Gasteiger partial charge in [-0.1, -0.05) is 66.7 Å². The number of anilines is 2. The summed E-state index contributed by atoms with van der Waals surface area (Å²) in [5, 5.41) is 4.57. The Morgan fingerprint density at radius 3 is 2.00 bits per heavy atom. The summed E-state index contributed by atoms with van der Waals surface area (Å²) in [5.74, 6) is 1.90. The van der Waals surface area contributed by atoms with Crippen LogP contribution >= 0.6 is 0 Å². The van der Waals surface area contributed by atoms with Gasteiger partial charge in [0.05, 0.1) is 5.69 Å². The fourth-order valence-corrected chi connectivity index (χ4v) is 3.94. The predicted molar refractivity (Wildman–Crippen MR) is 141 cm³/mol. The van der Waals surface area contributed by atoms with Crippen LogP contribution in [-0.2, 0) is 10.3 Å². The molecule has 0 spiro atoms. The molecular formula is C29H26N4O3. The van der Waals surface area contributed by atoms with E-state index in [4.69, 9.17) is 9.47 Å². The van der Waals surface area contributed by atoms with E-state index in [1.165, 1.54) is 0 Å². The monoisotopic (exact) mass is 478 g/mol. The zero-order chi connectivity index (χ0) is 24.8. The Labute approximate surface area is 210 Å². The summed E-state index contributed by atoms with van der Waals surface area (Å²) in [4.78, 5) is 17.4. The van der Waals surface area contributed by atoms with Crippen LogP contribution in [0.2, 0.25) is 0 Å². The molecule has 180 valence electrons. The molecule has 1 aliphatic rings. The van der Waals surface area contributed by atoms with E-state index in [-0.39, 0.29) is 6.73 Å². The van der Waals surface area contributed by atoms with Crippen LogP contribution in [0.15, 0.2) is 120 Å².